The van der Waals surface area contributed by atoms with E-state index in [0.29, 0.717) is 31.2 Å². The Labute approximate surface area is 198 Å². The summed E-state index contributed by atoms with van der Waals surface area (Å²) in [6.45, 7) is 13.2. The summed E-state index contributed by atoms with van der Waals surface area (Å²) in [5.41, 5.74) is -0.571. The number of Topliss-reactive ketones (excluding diaryl/α,β-unsaturated/α-hetero) is 1. The van der Waals surface area contributed by atoms with Crippen LogP contribution in [0.2, 0.25) is 18.1 Å². The minimum atomic E-state index is -2.23. The molecule has 3 fully saturated rings. The van der Waals surface area contributed by atoms with Crippen LogP contribution in [0, 0.1) is 10.8 Å². The first-order valence-corrected chi connectivity index (χ1v) is 15.0. The third kappa shape index (κ3) is 4.01. The Morgan fingerprint density at radius 3 is 2.55 bits per heavy atom. The molecule has 6 nitrogen and oxygen atoms in total. The van der Waals surface area contributed by atoms with Gasteiger partial charge in [0.1, 0.15) is 18.5 Å². The molecular formula is C26H38O6Si. The second-order valence-electron chi connectivity index (χ2n) is 11.9. The molecule has 4 rings (SSSR count). The maximum atomic E-state index is 12.9. The molecule has 0 radical (unpaired) electrons. The summed E-state index contributed by atoms with van der Waals surface area (Å²) in [4.78, 5) is 25.2. The summed E-state index contributed by atoms with van der Waals surface area (Å²) in [6, 6.07) is 8.96. The van der Waals surface area contributed by atoms with Gasteiger partial charge in [0, 0.05) is 23.7 Å². The average Bonchev–Trinajstić information content (AvgIpc) is 2.95. The molecule has 2 bridgehead atoms. The van der Waals surface area contributed by atoms with Gasteiger partial charge in [0.05, 0.1) is 23.9 Å². The van der Waals surface area contributed by atoms with Crippen molar-refractivity contribution in [2.75, 3.05) is 6.61 Å². The number of aliphatic hydroxyl groups excluding tert-OH is 1. The molecule has 6 atom stereocenters. The van der Waals surface area contributed by atoms with Gasteiger partial charge in [-0.3, -0.25) is 4.79 Å². The lowest BCUT2D eigenvalue weighted by atomic mass is 9.54. The number of ketones is 1. The normalized spacial score (nSPS) is 36.4. The highest BCUT2D eigenvalue weighted by Crippen LogP contribution is 2.64. The highest BCUT2D eigenvalue weighted by molar-refractivity contribution is 6.74. The molecule has 0 spiro atoms. The van der Waals surface area contributed by atoms with E-state index < -0.39 is 37.5 Å². The van der Waals surface area contributed by atoms with Crippen LogP contribution in [0.3, 0.4) is 0 Å². The molecular weight excluding hydrogens is 436 g/mol. The Morgan fingerprint density at radius 1 is 1.24 bits per heavy atom. The molecule has 2 saturated carbocycles. The van der Waals surface area contributed by atoms with Crippen LogP contribution in [0.4, 0.5) is 0 Å². The van der Waals surface area contributed by atoms with Gasteiger partial charge in [-0.1, -0.05) is 45.9 Å². The van der Waals surface area contributed by atoms with E-state index in [1.54, 1.807) is 12.1 Å². The number of benzene rings is 1. The fraction of sp³-hybridized carbons (Fsp3) is 0.692. The predicted octanol–water partition coefficient (Wildman–Crippen LogP) is 4.51. The van der Waals surface area contributed by atoms with Crippen LogP contribution in [0.5, 0.6) is 0 Å². The van der Waals surface area contributed by atoms with Gasteiger partial charge in [-0.15, -0.1) is 0 Å². The van der Waals surface area contributed by atoms with Crippen LogP contribution in [-0.4, -0.2) is 56.2 Å². The van der Waals surface area contributed by atoms with Crippen molar-refractivity contribution in [2.45, 2.75) is 95.9 Å². The zero-order valence-electron chi connectivity index (χ0n) is 20.7. The molecule has 33 heavy (non-hydrogen) atoms. The molecule has 0 aromatic heterocycles. The van der Waals surface area contributed by atoms with Crippen molar-refractivity contribution in [2.24, 2.45) is 10.8 Å². The van der Waals surface area contributed by atoms with Crippen molar-refractivity contribution in [3.05, 3.63) is 35.9 Å². The number of hydrogen-bond donors (Lipinski definition) is 1. The van der Waals surface area contributed by atoms with Crippen LogP contribution in [-0.2, 0) is 18.7 Å². The zero-order valence-corrected chi connectivity index (χ0v) is 21.7. The van der Waals surface area contributed by atoms with Crippen molar-refractivity contribution in [3.8, 4) is 0 Å². The van der Waals surface area contributed by atoms with Crippen molar-refractivity contribution >= 4 is 20.1 Å². The quantitative estimate of drug-likeness (QED) is 0.499. The van der Waals surface area contributed by atoms with Gasteiger partial charge in [-0.05, 0) is 43.1 Å². The molecule has 3 aliphatic rings. The van der Waals surface area contributed by atoms with Gasteiger partial charge in [0.2, 0.25) is 0 Å². The summed E-state index contributed by atoms with van der Waals surface area (Å²) in [6.07, 6.45) is -0.0939. The zero-order chi connectivity index (χ0) is 24.2. The number of esters is 1. The Balaban J connectivity index is 1.72. The van der Waals surface area contributed by atoms with Crippen LogP contribution in [0.25, 0.3) is 0 Å². The number of carbonyl (C=O) groups excluding carboxylic acids is 2. The monoisotopic (exact) mass is 474 g/mol. The van der Waals surface area contributed by atoms with E-state index in [1.807, 2.05) is 18.2 Å². The fourth-order valence-electron chi connectivity index (χ4n) is 5.73. The third-order valence-electron chi connectivity index (χ3n) is 9.00. The van der Waals surface area contributed by atoms with E-state index in [1.165, 1.54) is 0 Å². The Bertz CT molecular complexity index is 909. The SMILES string of the molecule is CC(C)(C)[Si](C)(C)O[C@@H]1[C@@H]2O[C@@H]3CC(=O)CC[C@]3(C)[C@@]1(COC(=O)c1ccccc1)C[C@H]2O. The van der Waals surface area contributed by atoms with Crippen molar-refractivity contribution in [1.82, 2.24) is 0 Å². The Morgan fingerprint density at radius 2 is 1.91 bits per heavy atom. The largest absolute Gasteiger partial charge is 0.461 e. The third-order valence-corrected chi connectivity index (χ3v) is 13.5. The van der Waals surface area contributed by atoms with Gasteiger partial charge >= 0.3 is 5.97 Å². The molecule has 1 aromatic carbocycles. The standard InChI is InChI=1S/C26H38O6Si/c1-24(2,3)33(5,6)32-22-21-19(28)15-26(22,16-30-23(29)17-10-8-7-9-11-17)25(4)13-12-18(27)14-20(25)31-21/h7-11,19-22,28H,12-16H2,1-6H3/t19-,20-,21-,22-,25+,26-/m1/s1. The Kier molecular flexibility index (Phi) is 6.18. The molecule has 7 heteroatoms. The van der Waals surface area contributed by atoms with Crippen molar-refractivity contribution in [1.29, 1.82) is 0 Å². The highest BCUT2D eigenvalue weighted by atomic mass is 28.4. The Hall–Kier alpha value is -1.54. The first kappa shape index (κ1) is 24.6. The maximum Gasteiger partial charge on any atom is 0.338 e. The van der Waals surface area contributed by atoms with Gasteiger partial charge in [0.25, 0.3) is 0 Å². The lowest BCUT2D eigenvalue weighted by Gasteiger charge is -2.59. The van der Waals surface area contributed by atoms with E-state index in [9.17, 15) is 14.7 Å². The molecule has 182 valence electrons. The number of fused-ring (bicyclic) bond motifs is 4. The fourth-order valence-corrected chi connectivity index (χ4v) is 7.07. The summed E-state index contributed by atoms with van der Waals surface area (Å²) < 4.78 is 19.4. The average molecular weight is 475 g/mol. The number of aliphatic hydroxyl groups is 1. The van der Waals surface area contributed by atoms with Crippen LogP contribution >= 0.6 is 0 Å². The van der Waals surface area contributed by atoms with E-state index in [-0.39, 0.29) is 29.5 Å². The predicted molar refractivity (Wildman–Crippen MR) is 127 cm³/mol. The molecule has 1 heterocycles. The van der Waals surface area contributed by atoms with Gasteiger partial charge in [-0.25, -0.2) is 4.79 Å². The molecule has 1 saturated heterocycles. The molecule has 0 amide bonds. The summed E-state index contributed by atoms with van der Waals surface area (Å²) in [5.74, 6) is -0.195. The highest BCUT2D eigenvalue weighted by Gasteiger charge is 2.71. The van der Waals surface area contributed by atoms with Crippen LogP contribution in [0.1, 0.15) is 63.7 Å². The first-order valence-electron chi connectivity index (χ1n) is 12.1. The lowest BCUT2D eigenvalue weighted by Crippen LogP contribution is -2.66. The van der Waals surface area contributed by atoms with Crippen LogP contribution < -0.4 is 0 Å². The minimum absolute atomic E-state index is 0.0282. The summed E-state index contributed by atoms with van der Waals surface area (Å²) in [5, 5.41) is 11.1. The van der Waals surface area contributed by atoms with E-state index in [4.69, 9.17) is 13.9 Å². The smallest absolute Gasteiger partial charge is 0.338 e. The lowest BCUT2D eigenvalue weighted by molar-refractivity contribution is -0.243. The molecule has 0 unspecified atom stereocenters. The van der Waals surface area contributed by atoms with Gasteiger partial charge in [-0.2, -0.15) is 0 Å². The molecule has 2 aliphatic carbocycles. The van der Waals surface area contributed by atoms with E-state index in [2.05, 4.69) is 40.8 Å². The topological polar surface area (TPSA) is 82.1 Å². The van der Waals surface area contributed by atoms with Crippen molar-refractivity contribution < 1.29 is 28.6 Å². The van der Waals surface area contributed by atoms with E-state index >= 15 is 0 Å². The number of ether oxygens (including phenoxy) is 2. The molecule has 1 N–H and O–H groups in total. The number of rotatable bonds is 5. The van der Waals surface area contributed by atoms with Gasteiger partial charge in [0.15, 0.2) is 8.32 Å². The number of hydrogen-bond acceptors (Lipinski definition) is 6. The second kappa shape index (κ2) is 8.29. The second-order valence-corrected chi connectivity index (χ2v) is 16.7. The number of carbonyl (C=O) groups is 2. The van der Waals surface area contributed by atoms with Crippen LogP contribution in [0.15, 0.2) is 30.3 Å². The summed E-state index contributed by atoms with van der Waals surface area (Å²) in [7, 11) is -2.23. The summed E-state index contributed by atoms with van der Waals surface area (Å²) >= 11 is 0. The maximum absolute atomic E-state index is 12.9. The minimum Gasteiger partial charge on any atom is -0.461 e. The van der Waals surface area contributed by atoms with E-state index in [0.717, 1.165) is 0 Å². The van der Waals surface area contributed by atoms with Gasteiger partial charge < -0.3 is 19.0 Å². The molecule has 1 aromatic rings. The van der Waals surface area contributed by atoms with Crippen molar-refractivity contribution in [3.63, 3.8) is 0 Å². The first-order chi connectivity index (χ1) is 15.3. The molecule has 1 aliphatic heterocycles.